The minimum absolute atomic E-state index is 0.160. The van der Waals surface area contributed by atoms with E-state index in [1.807, 2.05) is 30.3 Å². The Balaban J connectivity index is 2.15. The summed E-state index contributed by atoms with van der Waals surface area (Å²) in [7, 11) is 1.57. The van der Waals surface area contributed by atoms with Gasteiger partial charge in [0.2, 0.25) is 0 Å². The van der Waals surface area contributed by atoms with Crippen LogP contribution in [0.3, 0.4) is 0 Å². The quantitative estimate of drug-likeness (QED) is 0.872. The maximum atomic E-state index is 12.3. The zero-order chi connectivity index (χ0) is 15.2. The number of nitrogens with one attached hydrogen (secondary N) is 1. The fourth-order valence-electron chi connectivity index (χ4n) is 1.97. The average molecular weight is 350 g/mol. The fraction of sp³-hybridized carbons (Fsp3) is 0.188. The number of halogens is 1. The van der Waals surface area contributed by atoms with Crippen molar-refractivity contribution in [3.63, 3.8) is 0 Å². The molecule has 0 saturated carbocycles. The van der Waals surface area contributed by atoms with Gasteiger partial charge in [0.05, 0.1) is 24.2 Å². The van der Waals surface area contributed by atoms with Gasteiger partial charge in [-0.2, -0.15) is 0 Å². The van der Waals surface area contributed by atoms with Gasteiger partial charge in [0.25, 0.3) is 5.91 Å². The van der Waals surface area contributed by atoms with Gasteiger partial charge in [-0.25, -0.2) is 0 Å². The van der Waals surface area contributed by atoms with E-state index in [4.69, 9.17) is 4.74 Å². The predicted octanol–water partition coefficient (Wildman–Crippen LogP) is 2.92. The van der Waals surface area contributed by atoms with Crippen molar-refractivity contribution >= 4 is 21.8 Å². The minimum Gasteiger partial charge on any atom is -0.496 e. The van der Waals surface area contributed by atoms with Gasteiger partial charge < -0.3 is 15.2 Å². The Bertz CT molecular complexity index is 616. The SMILES string of the molecule is COc1ccc(C(=O)N[C@H](CO)c2ccccc2)cc1Br. The Hall–Kier alpha value is -1.85. The highest BCUT2D eigenvalue weighted by molar-refractivity contribution is 9.10. The van der Waals surface area contributed by atoms with Crippen molar-refractivity contribution in [3.05, 3.63) is 64.1 Å². The molecule has 0 spiro atoms. The van der Waals surface area contributed by atoms with E-state index in [9.17, 15) is 9.90 Å². The Labute approximate surface area is 131 Å². The third-order valence-corrected chi connectivity index (χ3v) is 3.72. The second kappa shape index (κ2) is 7.24. The van der Waals surface area contributed by atoms with Crippen LogP contribution < -0.4 is 10.1 Å². The molecular formula is C16H16BrNO3. The first kappa shape index (κ1) is 15.5. The lowest BCUT2D eigenvalue weighted by Gasteiger charge is -2.17. The van der Waals surface area contributed by atoms with Gasteiger partial charge in [-0.3, -0.25) is 4.79 Å². The van der Waals surface area contributed by atoms with Crippen LogP contribution in [-0.2, 0) is 0 Å². The molecule has 1 atom stereocenters. The summed E-state index contributed by atoms with van der Waals surface area (Å²) in [5.74, 6) is 0.412. The lowest BCUT2D eigenvalue weighted by molar-refractivity contribution is 0.0916. The summed E-state index contributed by atoms with van der Waals surface area (Å²) in [6, 6.07) is 14.0. The van der Waals surface area contributed by atoms with Crippen LogP contribution in [0.15, 0.2) is 53.0 Å². The summed E-state index contributed by atoms with van der Waals surface area (Å²) in [6.07, 6.45) is 0. The van der Waals surface area contributed by atoms with Crippen molar-refractivity contribution in [3.8, 4) is 5.75 Å². The number of carbonyl (C=O) groups is 1. The van der Waals surface area contributed by atoms with Crippen molar-refractivity contribution < 1.29 is 14.6 Å². The minimum atomic E-state index is -0.431. The number of rotatable bonds is 5. The van der Waals surface area contributed by atoms with Crippen LogP contribution in [0.25, 0.3) is 0 Å². The molecule has 110 valence electrons. The van der Waals surface area contributed by atoms with Crippen LogP contribution in [-0.4, -0.2) is 24.7 Å². The molecule has 2 aromatic carbocycles. The molecule has 1 amide bonds. The molecule has 0 bridgehead atoms. The molecule has 4 nitrogen and oxygen atoms in total. The molecule has 0 aliphatic carbocycles. The van der Waals surface area contributed by atoms with Crippen LogP contribution in [0, 0.1) is 0 Å². The molecule has 0 unspecified atom stereocenters. The van der Waals surface area contributed by atoms with E-state index in [0.717, 1.165) is 5.56 Å². The third-order valence-electron chi connectivity index (χ3n) is 3.10. The Morgan fingerprint density at radius 2 is 2.00 bits per heavy atom. The molecule has 2 aromatic rings. The van der Waals surface area contributed by atoms with Crippen molar-refractivity contribution in [2.45, 2.75) is 6.04 Å². The van der Waals surface area contributed by atoms with Crippen LogP contribution in [0.5, 0.6) is 5.75 Å². The normalized spacial score (nSPS) is 11.8. The number of hydrogen-bond acceptors (Lipinski definition) is 3. The van der Waals surface area contributed by atoms with Crippen molar-refractivity contribution in [2.24, 2.45) is 0 Å². The smallest absolute Gasteiger partial charge is 0.251 e. The van der Waals surface area contributed by atoms with Crippen molar-refractivity contribution in [1.29, 1.82) is 0 Å². The molecular weight excluding hydrogens is 334 g/mol. The number of aliphatic hydroxyl groups is 1. The molecule has 2 N–H and O–H groups in total. The van der Waals surface area contributed by atoms with Gasteiger partial charge in [-0.1, -0.05) is 30.3 Å². The Morgan fingerprint density at radius 3 is 2.57 bits per heavy atom. The molecule has 0 radical (unpaired) electrons. The highest BCUT2D eigenvalue weighted by Crippen LogP contribution is 2.25. The maximum Gasteiger partial charge on any atom is 0.251 e. The maximum absolute atomic E-state index is 12.3. The zero-order valence-corrected chi connectivity index (χ0v) is 13.1. The van der Waals surface area contributed by atoms with Crippen LogP contribution in [0.2, 0.25) is 0 Å². The lowest BCUT2D eigenvalue weighted by Crippen LogP contribution is -2.30. The van der Waals surface area contributed by atoms with E-state index in [2.05, 4.69) is 21.2 Å². The second-order valence-electron chi connectivity index (χ2n) is 4.47. The number of hydrogen-bond donors (Lipinski definition) is 2. The van der Waals surface area contributed by atoms with Gasteiger partial charge in [-0.05, 0) is 39.7 Å². The average Bonchev–Trinajstić information content (AvgIpc) is 2.53. The number of amides is 1. The van der Waals surface area contributed by atoms with Crippen molar-refractivity contribution in [2.75, 3.05) is 13.7 Å². The number of benzene rings is 2. The summed E-state index contributed by atoms with van der Waals surface area (Å²) in [5.41, 5.74) is 1.36. The predicted molar refractivity (Wildman–Crippen MR) is 84.4 cm³/mol. The van der Waals surface area contributed by atoms with E-state index in [1.165, 1.54) is 0 Å². The third kappa shape index (κ3) is 3.83. The van der Waals surface area contributed by atoms with Gasteiger partial charge >= 0.3 is 0 Å². The molecule has 5 heteroatoms. The zero-order valence-electron chi connectivity index (χ0n) is 11.5. The number of carbonyl (C=O) groups excluding carboxylic acids is 1. The molecule has 21 heavy (non-hydrogen) atoms. The number of ether oxygens (including phenoxy) is 1. The first-order valence-electron chi connectivity index (χ1n) is 6.46. The van der Waals surface area contributed by atoms with E-state index in [1.54, 1.807) is 25.3 Å². The summed E-state index contributed by atoms with van der Waals surface area (Å²) >= 11 is 3.35. The Morgan fingerprint density at radius 1 is 1.29 bits per heavy atom. The highest BCUT2D eigenvalue weighted by Gasteiger charge is 2.15. The summed E-state index contributed by atoms with van der Waals surface area (Å²) < 4.78 is 5.84. The molecule has 0 saturated heterocycles. The molecule has 0 aliphatic rings. The van der Waals surface area contributed by atoms with E-state index < -0.39 is 6.04 Å². The van der Waals surface area contributed by atoms with Gasteiger partial charge in [0.1, 0.15) is 5.75 Å². The van der Waals surface area contributed by atoms with Gasteiger partial charge in [0, 0.05) is 5.56 Å². The monoisotopic (exact) mass is 349 g/mol. The molecule has 0 aliphatic heterocycles. The molecule has 2 rings (SSSR count). The first-order chi connectivity index (χ1) is 10.2. The largest absolute Gasteiger partial charge is 0.496 e. The summed E-state index contributed by atoms with van der Waals surface area (Å²) in [4.78, 5) is 12.3. The number of aliphatic hydroxyl groups excluding tert-OH is 1. The lowest BCUT2D eigenvalue weighted by atomic mass is 10.1. The topological polar surface area (TPSA) is 58.6 Å². The first-order valence-corrected chi connectivity index (χ1v) is 7.25. The summed E-state index contributed by atoms with van der Waals surface area (Å²) in [5, 5.41) is 12.3. The molecule has 0 aromatic heterocycles. The van der Waals surface area contributed by atoms with Crippen LogP contribution >= 0.6 is 15.9 Å². The standard InChI is InChI=1S/C16H16BrNO3/c1-21-15-8-7-12(9-13(15)17)16(20)18-14(10-19)11-5-3-2-4-6-11/h2-9,14,19H,10H2,1H3,(H,18,20)/t14-/m1/s1. The van der Waals surface area contributed by atoms with Crippen molar-refractivity contribution in [1.82, 2.24) is 5.32 Å². The number of methoxy groups -OCH3 is 1. The molecule has 0 fully saturated rings. The van der Waals surface area contributed by atoms with E-state index >= 15 is 0 Å². The van der Waals surface area contributed by atoms with Gasteiger partial charge in [-0.15, -0.1) is 0 Å². The second-order valence-corrected chi connectivity index (χ2v) is 5.32. The van der Waals surface area contributed by atoms with E-state index in [0.29, 0.717) is 15.8 Å². The summed E-state index contributed by atoms with van der Waals surface area (Å²) in [6.45, 7) is -0.160. The van der Waals surface area contributed by atoms with Crippen LogP contribution in [0.4, 0.5) is 0 Å². The molecule has 0 heterocycles. The van der Waals surface area contributed by atoms with E-state index in [-0.39, 0.29) is 12.5 Å². The van der Waals surface area contributed by atoms with Crippen LogP contribution in [0.1, 0.15) is 22.0 Å². The Kier molecular flexibility index (Phi) is 5.36. The van der Waals surface area contributed by atoms with Gasteiger partial charge in [0.15, 0.2) is 0 Å². The highest BCUT2D eigenvalue weighted by atomic mass is 79.9. The fourth-order valence-corrected chi connectivity index (χ4v) is 2.51.